The fraction of sp³-hybridized carbons (Fsp3) is 0.478. The lowest BCUT2D eigenvalue weighted by Crippen LogP contribution is -2.35. The maximum absolute atomic E-state index is 12.9. The third kappa shape index (κ3) is 4.46. The van der Waals surface area contributed by atoms with Gasteiger partial charge in [0.25, 0.3) is 0 Å². The molecule has 0 spiro atoms. The lowest BCUT2D eigenvalue weighted by Gasteiger charge is -2.27. The standard InChI is InChI=1S/C23H25F3N2O/c24-23(25,26)18-12-10-16(11-13-18)15-19-7-3-8-20(27-19)21-9-4-14-28(21)22(29)17-5-1-2-6-17/h3,7-8,10-13,17,21H,1-2,4-6,9,14-15H2/t21-/m1/s1. The molecule has 0 radical (unpaired) electrons. The second-order valence-electron chi connectivity index (χ2n) is 8.10. The summed E-state index contributed by atoms with van der Waals surface area (Å²) in [6.07, 6.45) is 2.28. The van der Waals surface area contributed by atoms with Crippen LogP contribution in [-0.4, -0.2) is 22.3 Å². The van der Waals surface area contributed by atoms with Crippen molar-refractivity contribution in [1.82, 2.24) is 9.88 Å². The Hall–Kier alpha value is -2.37. The molecule has 3 nitrogen and oxygen atoms in total. The molecule has 0 N–H and O–H groups in total. The van der Waals surface area contributed by atoms with Crippen LogP contribution in [0.15, 0.2) is 42.5 Å². The van der Waals surface area contributed by atoms with E-state index in [9.17, 15) is 18.0 Å². The van der Waals surface area contributed by atoms with Gasteiger partial charge in [-0.3, -0.25) is 9.78 Å². The summed E-state index contributed by atoms with van der Waals surface area (Å²) < 4.78 is 38.2. The van der Waals surface area contributed by atoms with Gasteiger partial charge in [-0.1, -0.05) is 31.0 Å². The third-order valence-corrected chi connectivity index (χ3v) is 6.08. The van der Waals surface area contributed by atoms with Crippen molar-refractivity contribution in [2.45, 2.75) is 57.2 Å². The first-order chi connectivity index (χ1) is 13.9. The van der Waals surface area contributed by atoms with Crippen LogP contribution < -0.4 is 0 Å². The van der Waals surface area contributed by atoms with Gasteiger partial charge in [0.1, 0.15) is 0 Å². The fourth-order valence-corrected chi connectivity index (χ4v) is 4.55. The second kappa shape index (κ2) is 8.17. The van der Waals surface area contributed by atoms with Crippen LogP contribution in [0.2, 0.25) is 0 Å². The van der Waals surface area contributed by atoms with Crippen LogP contribution in [-0.2, 0) is 17.4 Å². The first kappa shape index (κ1) is 19.9. The zero-order chi connectivity index (χ0) is 20.4. The van der Waals surface area contributed by atoms with Gasteiger partial charge in [-0.15, -0.1) is 0 Å². The van der Waals surface area contributed by atoms with E-state index in [1.165, 1.54) is 12.1 Å². The van der Waals surface area contributed by atoms with Crippen LogP contribution in [0.4, 0.5) is 13.2 Å². The van der Waals surface area contributed by atoms with Gasteiger partial charge in [0.2, 0.25) is 5.91 Å². The summed E-state index contributed by atoms with van der Waals surface area (Å²) in [5, 5.41) is 0. The summed E-state index contributed by atoms with van der Waals surface area (Å²) in [6.45, 7) is 0.783. The first-order valence-corrected chi connectivity index (χ1v) is 10.3. The van der Waals surface area contributed by atoms with E-state index in [0.29, 0.717) is 6.42 Å². The Balaban J connectivity index is 1.48. The SMILES string of the molecule is O=C(C1CCCC1)N1CCC[C@@H]1c1cccc(Cc2ccc(C(F)(F)F)cc2)n1. The van der Waals surface area contributed by atoms with Crippen molar-refractivity contribution < 1.29 is 18.0 Å². The highest BCUT2D eigenvalue weighted by Crippen LogP contribution is 2.36. The number of amides is 1. The number of hydrogen-bond donors (Lipinski definition) is 0. The predicted molar refractivity (Wildman–Crippen MR) is 104 cm³/mol. The van der Waals surface area contributed by atoms with Gasteiger partial charge >= 0.3 is 6.18 Å². The van der Waals surface area contributed by atoms with Gasteiger partial charge < -0.3 is 4.90 Å². The highest BCUT2D eigenvalue weighted by atomic mass is 19.4. The Kier molecular flexibility index (Phi) is 5.61. The van der Waals surface area contributed by atoms with E-state index < -0.39 is 11.7 Å². The van der Waals surface area contributed by atoms with Gasteiger partial charge in [0.05, 0.1) is 17.3 Å². The third-order valence-electron chi connectivity index (χ3n) is 6.08. The average Bonchev–Trinajstić information content (AvgIpc) is 3.40. The normalized spacial score (nSPS) is 20.4. The molecule has 1 amide bonds. The summed E-state index contributed by atoms with van der Waals surface area (Å²) in [4.78, 5) is 19.7. The van der Waals surface area contributed by atoms with Crippen molar-refractivity contribution in [3.63, 3.8) is 0 Å². The Morgan fingerprint density at radius 2 is 1.72 bits per heavy atom. The molecular weight excluding hydrogens is 377 g/mol. The van der Waals surface area contributed by atoms with Crippen molar-refractivity contribution >= 4 is 5.91 Å². The number of rotatable bonds is 4. The number of halogens is 3. The van der Waals surface area contributed by atoms with E-state index >= 15 is 0 Å². The number of nitrogens with zero attached hydrogens (tertiary/aromatic N) is 2. The topological polar surface area (TPSA) is 33.2 Å². The van der Waals surface area contributed by atoms with Crippen molar-refractivity contribution in [2.24, 2.45) is 5.92 Å². The summed E-state index contributed by atoms with van der Waals surface area (Å²) in [6, 6.07) is 11.0. The lowest BCUT2D eigenvalue weighted by atomic mass is 10.0. The molecule has 2 aromatic rings. The van der Waals surface area contributed by atoms with Crippen molar-refractivity contribution in [2.75, 3.05) is 6.54 Å². The molecule has 2 aliphatic rings. The Morgan fingerprint density at radius 3 is 2.41 bits per heavy atom. The van der Waals surface area contributed by atoms with Crippen LogP contribution in [0.25, 0.3) is 0 Å². The second-order valence-corrected chi connectivity index (χ2v) is 8.10. The molecule has 0 bridgehead atoms. The predicted octanol–water partition coefficient (Wildman–Crippen LogP) is 5.54. The Labute approximate surface area is 168 Å². The van der Waals surface area contributed by atoms with E-state index in [4.69, 9.17) is 4.98 Å². The van der Waals surface area contributed by atoms with Gasteiger partial charge in [-0.05, 0) is 55.5 Å². The summed E-state index contributed by atoms with van der Waals surface area (Å²) >= 11 is 0. The van der Waals surface area contributed by atoms with E-state index in [1.807, 2.05) is 23.1 Å². The van der Waals surface area contributed by atoms with Gasteiger partial charge in [-0.25, -0.2) is 0 Å². The number of likely N-dealkylation sites (tertiary alicyclic amines) is 1. The molecule has 1 aromatic heterocycles. The van der Waals surface area contributed by atoms with Crippen LogP contribution in [0.5, 0.6) is 0 Å². The smallest absolute Gasteiger partial charge is 0.334 e. The molecule has 1 aromatic carbocycles. The van der Waals surface area contributed by atoms with Crippen LogP contribution in [0.3, 0.4) is 0 Å². The van der Waals surface area contributed by atoms with Gasteiger partial charge in [0.15, 0.2) is 0 Å². The van der Waals surface area contributed by atoms with Crippen LogP contribution in [0, 0.1) is 5.92 Å². The maximum Gasteiger partial charge on any atom is 0.416 e. The Morgan fingerprint density at radius 1 is 1.00 bits per heavy atom. The van der Waals surface area contributed by atoms with E-state index in [1.54, 1.807) is 0 Å². The minimum Gasteiger partial charge on any atom is -0.334 e. The summed E-state index contributed by atoms with van der Waals surface area (Å²) in [7, 11) is 0. The molecule has 1 aliphatic carbocycles. The van der Waals surface area contributed by atoms with Gasteiger partial charge in [-0.2, -0.15) is 13.2 Å². The number of hydrogen-bond acceptors (Lipinski definition) is 2. The number of aromatic nitrogens is 1. The van der Waals surface area contributed by atoms with Crippen molar-refractivity contribution in [1.29, 1.82) is 0 Å². The number of carbonyl (C=O) groups excluding carboxylic acids is 1. The lowest BCUT2D eigenvalue weighted by molar-refractivity contribution is -0.138. The van der Waals surface area contributed by atoms with Crippen LogP contribution >= 0.6 is 0 Å². The number of benzene rings is 1. The van der Waals surface area contributed by atoms with Crippen molar-refractivity contribution in [3.05, 3.63) is 65.0 Å². The van der Waals surface area contributed by atoms with Crippen molar-refractivity contribution in [3.8, 4) is 0 Å². The molecule has 0 unspecified atom stereocenters. The van der Waals surface area contributed by atoms with Crippen LogP contribution in [0.1, 0.15) is 67.1 Å². The number of alkyl halides is 3. The van der Waals surface area contributed by atoms with Gasteiger partial charge in [0, 0.05) is 24.6 Å². The van der Waals surface area contributed by atoms with E-state index in [-0.39, 0.29) is 17.9 Å². The zero-order valence-electron chi connectivity index (χ0n) is 16.3. The zero-order valence-corrected chi connectivity index (χ0v) is 16.3. The minimum atomic E-state index is -4.32. The molecule has 1 atom stereocenters. The molecule has 154 valence electrons. The molecule has 4 rings (SSSR count). The molecule has 1 aliphatic heterocycles. The molecule has 1 saturated carbocycles. The Bertz CT molecular complexity index is 857. The molecule has 2 heterocycles. The van der Waals surface area contributed by atoms with E-state index in [2.05, 4.69) is 0 Å². The quantitative estimate of drug-likeness (QED) is 0.672. The van der Waals surface area contributed by atoms with E-state index in [0.717, 1.165) is 74.2 Å². The summed E-state index contributed by atoms with van der Waals surface area (Å²) in [5.74, 6) is 0.422. The highest BCUT2D eigenvalue weighted by molar-refractivity contribution is 5.79. The fourth-order valence-electron chi connectivity index (χ4n) is 4.55. The maximum atomic E-state index is 12.9. The number of carbonyl (C=O) groups is 1. The molecular formula is C23H25F3N2O. The highest BCUT2D eigenvalue weighted by Gasteiger charge is 2.35. The molecule has 1 saturated heterocycles. The molecule has 6 heteroatoms. The average molecular weight is 402 g/mol. The largest absolute Gasteiger partial charge is 0.416 e. The minimum absolute atomic E-state index is 0.00987. The first-order valence-electron chi connectivity index (χ1n) is 10.3. The number of pyridine rings is 1. The monoisotopic (exact) mass is 402 g/mol. The molecule has 29 heavy (non-hydrogen) atoms. The summed E-state index contributed by atoms with van der Waals surface area (Å²) in [5.41, 5.74) is 1.84. The molecule has 2 fully saturated rings.